The molecule has 3 heteroatoms. The average Bonchev–Trinajstić information content (AvgIpc) is 2.05. The second-order valence-corrected chi connectivity index (χ2v) is 2.71. The normalized spacial score (nSPS) is 30.0. The molecule has 10 heavy (non-hydrogen) atoms. The highest BCUT2D eigenvalue weighted by molar-refractivity contribution is 4.80. The lowest BCUT2D eigenvalue weighted by atomic mass is 10.1. The number of hydrogen-bond donors (Lipinski definition) is 2. The van der Waals surface area contributed by atoms with Crippen LogP contribution in [0, 0.1) is 0 Å². The third kappa shape index (κ3) is 1.94. The fraction of sp³-hybridized carbons (Fsp3) is 1.00. The molecule has 1 aliphatic rings. The Morgan fingerprint density at radius 2 is 2.30 bits per heavy atom. The van der Waals surface area contributed by atoms with Crippen LogP contribution >= 0.6 is 0 Å². The summed E-state index contributed by atoms with van der Waals surface area (Å²) in [5.74, 6) is 0. The highest BCUT2D eigenvalue weighted by Crippen LogP contribution is 1.97. The van der Waals surface area contributed by atoms with Crippen LogP contribution in [0.4, 0.5) is 0 Å². The number of nitrogens with one attached hydrogen (secondary N) is 2. The molecule has 2 N–H and O–H groups in total. The van der Waals surface area contributed by atoms with E-state index in [0.717, 1.165) is 19.6 Å². The van der Waals surface area contributed by atoms with Gasteiger partial charge in [0.05, 0.1) is 6.10 Å². The summed E-state index contributed by atoms with van der Waals surface area (Å²) in [5, 5.41) is 6.69. The van der Waals surface area contributed by atoms with Gasteiger partial charge in [-0.3, -0.25) is 0 Å². The van der Waals surface area contributed by atoms with Gasteiger partial charge in [-0.2, -0.15) is 0 Å². The van der Waals surface area contributed by atoms with E-state index in [-0.39, 0.29) is 0 Å². The largest absolute Gasteiger partial charge is 0.380 e. The first-order valence-electron chi connectivity index (χ1n) is 3.81. The van der Waals surface area contributed by atoms with E-state index in [9.17, 15) is 0 Å². The molecule has 0 saturated carbocycles. The summed E-state index contributed by atoms with van der Waals surface area (Å²) >= 11 is 0. The molecule has 3 nitrogen and oxygen atoms in total. The lowest BCUT2D eigenvalue weighted by Crippen LogP contribution is -2.53. The Labute approximate surface area is 62.1 Å². The predicted octanol–water partition coefficient (Wildman–Crippen LogP) is -0.417. The summed E-state index contributed by atoms with van der Waals surface area (Å²) in [4.78, 5) is 0. The fourth-order valence-corrected chi connectivity index (χ4v) is 1.17. The third-order valence-electron chi connectivity index (χ3n) is 2.01. The maximum Gasteiger partial charge on any atom is 0.0708 e. The summed E-state index contributed by atoms with van der Waals surface area (Å²) in [6.07, 6.45) is 0.313. The zero-order valence-electron chi connectivity index (χ0n) is 6.68. The molecule has 0 aromatic heterocycles. The number of methoxy groups -OCH3 is 1. The molecule has 0 bridgehead atoms. The summed E-state index contributed by atoms with van der Waals surface area (Å²) in [6.45, 7) is 5.24. The predicted molar refractivity (Wildman–Crippen MR) is 41.1 cm³/mol. The van der Waals surface area contributed by atoms with E-state index in [1.54, 1.807) is 7.11 Å². The number of rotatable bonds is 2. The second kappa shape index (κ2) is 3.91. The van der Waals surface area contributed by atoms with Gasteiger partial charge in [0.15, 0.2) is 0 Å². The van der Waals surface area contributed by atoms with Crippen LogP contribution < -0.4 is 10.6 Å². The van der Waals surface area contributed by atoms with Crippen LogP contribution in [-0.2, 0) is 4.74 Å². The minimum absolute atomic E-state index is 0.313. The van der Waals surface area contributed by atoms with Crippen LogP contribution in [0.25, 0.3) is 0 Å². The van der Waals surface area contributed by atoms with Crippen molar-refractivity contribution in [3.05, 3.63) is 0 Å². The van der Waals surface area contributed by atoms with Crippen molar-refractivity contribution in [1.29, 1.82) is 0 Å². The summed E-state index contributed by atoms with van der Waals surface area (Å²) < 4.78 is 5.19. The van der Waals surface area contributed by atoms with Gasteiger partial charge in [0.1, 0.15) is 0 Å². The molecule has 1 unspecified atom stereocenters. The maximum absolute atomic E-state index is 5.19. The smallest absolute Gasteiger partial charge is 0.0708 e. The van der Waals surface area contributed by atoms with Crippen LogP contribution in [0.1, 0.15) is 6.92 Å². The van der Waals surface area contributed by atoms with Crippen LogP contribution in [0.2, 0.25) is 0 Å². The first kappa shape index (κ1) is 7.98. The molecule has 0 radical (unpaired) electrons. The molecule has 1 aliphatic heterocycles. The molecule has 0 spiro atoms. The standard InChI is InChI=1S/C7H16N2O/c1-6(10-2)7-5-8-3-4-9-7/h6-9H,3-5H2,1-2H3/t6-,7?/m0/s1. The zero-order chi connectivity index (χ0) is 7.40. The Morgan fingerprint density at radius 1 is 1.50 bits per heavy atom. The van der Waals surface area contributed by atoms with Gasteiger partial charge >= 0.3 is 0 Å². The van der Waals surface area contributed by atoms with Crippen molar-refractivity contribution in [3.63, 3.8) is 0 Å². The number of hydrogen-bond acceptors (Lipinski definition) is 3. The molecule has 60 valence electrons. The molecule has 1 saturated heterocycles. The molecule has 0 aromatic carbocycles. The fourth-order valence-electron chi connectivity index (χ4n) is 1.17. The molecular formula is C7H16N2O. The summed E-state index contributed by atoms with van der Waals surface area (Å²) in [7, 11) is 1.75. The molecule has 0 aromatic rings. The highest BCUT2D eigenvalue weighted by Gasteiger charge is 2.17. The van der Waals surface area contributed by atoms with E-state index >= 15 is 0 Å². The van der Waals surface area contributed by atoms with Gasteiger partial charge in [-0.05, 0) is 6.92 Å². The molecule has 0 aliphatic carbocycles. The van der Waals surface area contributed by atoms with Gasteiger partial charge < -0.3 is 15.4 Å². The molecule has 1 rings (SSSR count). The first-order chi connectivity index (χ1) is 4.84. The van der Waals surface area contributed by atoms with Crippen molar-refractivity contribution in [3.8, 4) is 0 Å². The van der Waals surface area contributed by atoms with Crippen molar-refractivity contribution in [2.45, 2.75) is 19.1 Å². The highest BCUT2D eigenvalue weighted by atomic mass is 16.5. The van der Waals surface area contributed by atoms with E-state index in [0.29, 0.717) is 12.1 Å². The van der Waals surface area contributed by atoms with Crippen LogP contribution in [0.3, 0.4) is 0 Å². The van der Waals surface area contributed by atoms with Crippen LogP contribution in [0.5, 0.6) is 0 Å². The van der Waals surface area contributed by atoms with Gasteiger partial charge in [0.25, 0.3) is 0 Å². The topological polar surface area (TPSA) is 33.3 Å². The van der Waals surface area contributed by atoms with E-state index in [1.165, 1.54) is 0 Å². The van der Waals surface area contributed by atoms with E-state index < -0.39 is 0 Å². The molecular weight excluding hydrogens is 128 g/mol. The van der Waals surface area contributed by atoms with E-state index in [2.05, 4.69) is 17.6 Å². The Balaban J connectivity index is 2.24. The second-order valence-electron chi connectivity index (χ2n) is 2.71. The van der Waals surface area contributed by atoms with Gasteiger partial charge in [-0.1, -0.05) is 0 Å². The maximum atomic E-state index is 5.19. The first-order valence-corrected chi connectivity index (χ1v) is 3.81. The average molecular weight is 144 g/mol. The summed E-state index contributed by atoms with van der Waals surface area (Å²) in [5.41, 5.74) is 0. The van der Waals surface area contributed by atoms with Crippen molar-refractivity contribution < 1.29 is 4.74 Å². The quantitative estimate of drug-likeness (QED) is 0.552. The SMILES string of the molecule is CO[C@@H](C)C1CNCCN1. The van der Waals surface area contributed by atoms with E-state index in [1.807, 2.05) is 0 Å². The van der Waals surface area contributed by atoms with Crippen molar-refractivity contribution in [1.82, 2.24) is 10.6 Å². The minimum atomic E-state index is 0.313. The monoisotopic (exact) mass is 144 g/mol. The molecule has 0 amide bonds. The number of ether oxygens (including phenoxy) is 1. The van der Waals surface area contributed by atoms with Crippen LogP contribution in [-0.4, -0.2) is 38.9 Å². The minimum Gasteiger partial charge on any atom is -0.380 e. The Morgan fingerprint density at radius 3 is 2.80 bits per heavy atom. The molecule has 1 heterocycles. The van der Waals surface area contributed by atoms with Crippen molar-refractivity contribution >= 4 is 0 Å². The van der Waals surface area contributed by atoms with Gasteiger partial charge in [0, 0.05) is 32.8 Å². The Kier molecular flexibility index (Phi) is 3.12. The lowest BCUT2D eigenvalue weighted by Gasteiger charge is -2.28. The molecule has 2 atom stereocenters. The van der Waals surface area contributed by atoms with E-state index in [4.69, 9.17) is 4.74 Å². The van der Waals surface area contributed by atoms with Crippen molar-refractivity contribution in [2.75, 3.05) is 26.7 Å². The van der Waals surface area contributed by atoms with Gasteiger partial charge in [-0.25, -0.2) is 0 Å². The van der Waals surface area contributed by atoms with Crippen molar-refractivity contribution in [2.24, 2.45) is 0 Å². The third-order valence-corrected chi connectivity index (χ3v) is 2.01. The van der Waals surface area contributed by atoms with Gasteiger partial charge in [0.2, 0.25) is 0 Å². The Hall–Kier alpha value is -0.120. The lowest BCUT2D eigenvalue weighted by molar-refractivity contribution is 0.0779. The zero-order valence-corrected chi connectivity index (χ0v) is 6.68. The Bertz CT molecular complexity index is 91.6. The molecule has 1 fully saturated rings. The van der Waals surface area contributed by atoms with Gasteiger partial charge in [-0.15, -0.1) is 0 Å². The van der Waals surface area contributed by atoms with Crippen LogP contribution in [0.15, 0.2) is 0 Å². The summed E-state index contributed by atoms with van der Waals surface area (Å²) in [6, 6.07) is 0.485. The number of piperazine rings is 1.